The van der Waals surface area contributed by atoms with Crippen molar-refractivity contribution in [3.05, 3.63) is 88.0 Å². The van der Waals surface area contributed by atoms with Crippen molar-refractivity contribution in [1.82, 2.24) is 0 Å². The van der Waals surface area contributed by atoms with E-state index in [0.717, 1.165) is 36.4 Å². The molecule has 0 radical (unpaired) electrons. The molecule has 0 saturated carbocycles. The first-order valence-corrected chi connectivity index (χ1v) is 7.60. The fraction of sp³-hybridized carbons (Fsp3) is 0.133. The summed E-state index contributed by atoms with van der Waals surface area (Å²) in [5.41, 5.74) is -3.72. The van der Waals surface area contributed by atoms with Crippen LogP contribution in [0.1, 0.15) is 11.1 Å². The highest BCUT2D eigenvalue weighted by Crippen LogP contribution is 2.31. The van der Waals surface area contributed by atoms with Crippen LogP contribution in [0.25, 0.3) is 0 Å². The molecular weight excluding hydrogens is 396 g/mol. The molecule has 0 unspecified atom stereocenters. The first kappa shape index (κ1) is 20.8. The van der Waals surface area contributed by atoms with Crippen molar-refractivity contribution >= 4 is 28.7 Å². The second kappa shape index (κ2) is 8.47. The van der Waals surface area contributed by atoms with E-state index in [1.807, 2.05) is 0 Å². The first-order valence-electron chi connectivity index (χ1n) is 7.60. The lowest BCUT2D eigenvalue weighted by atomic mass is 10.1. The molecule has 0 N–H and O–H groups in total. The molecule has 0 aliphatic heterocycles. The highest BCUT2D eigenvalue weighted by molar-refractivity contribution is 5.76. The topological polar surface area (TPSA) is 199 Å². The van der Waals surface area contributed by atoms with Crippen molar-refractivity contribution in [2.24, 2.45) is 0 Å². The van der Waals surface area contributed by atoms with Gasteiger partial charge in [0.1, 0.15) is 17.7 Å². The molecule has 2 rings (SSSR count). The predicted octanol–water partition coefficient (Wildman–Crippen LogP) is 2.61. The summed E-state index contributed by atoms with van der Waals surface area (Å²) in [6.45, 7) is -0.874. The highest BCUT2D eigenvalue weighted by atomic mass is 16.6. The van der Waals surface area contributed by atoms with Gasteiger partial charge in [0.15, 0.2) is 0 Å². The monoisotopic (exact) mass is 406 g/mol. The number of hydrogen-bond donors (Lipinski definition) is 0. The van der Waals surface area contributed by atoms with Gasteiger partial charge in [0.2, 0.25) is 0 Å². The number of rotatable bonds is 8. The van der Waals surface area contributed by atoms with Crippen LogP contribution < -0.4 is 0 Å². The van der Waals surface area contributed by atoms with Gasteiger partial charge in [0.25, 0.3) is 22.7 Å². The van der Waals surface area contributed by atoms with Gasteiger partial charge in [-0.05, 0) is 12.1 Å². The van der Waals surface area contributed by atoms with Crippen molar-refractivity contribution in [3.8, 4) is 0 Å². The second-order valence-corrected chi connectivity index (χ2v) is 5.42. The minimum atomic E-state index is -1.20. The third-order valence-electron chi connectivity index (χ3n) is 3.74. The van der Waals surface area contributed by atoms with Gasteiger partial charge in [0.05, 0.1) is 26.1 Å². The Bertz CT molecular complexity index is 971. The number of carbonyl (C=O) groups is 1. The van der Waals surface area contributed by atoms with Crippen LogP contribution in [0.2, 0.25) is 0 Å². The molecule has 29 heavy (non-hydrogen) atoms. The minimum Gasteiger partial charge on any atom is -0.460 e. The van der Waals surface area contributed by atoms with Crippen molar-refractivity contribution in [3.63, 3.8) is 0 Å². The lowest BCUT2D eigenvalue weighted by Gasteiger charge is -2.07. The Kier molecular flexibility index (Phi) is 6.08. The SMILES string of the molecule is O=C(Cc1c([N+](=O)[O-])cccc1[N+](=O)[O-])OCc1c([N+](=O)[O-])cccc1[N+](=O)[O-]. The van der Waals surface area contributed by atoms with Gasteiger partial charge in [-0.25, -0.2) is 0 Å². The Balaban J connectivity index is 2.31. The predicted molar refractivity (Wildman–Crippen MR) is 93.0 cm³/mol. The Labute approximate surface area is 159 Å². The van der Waals surface area contributed by atoms with E-state index in [-0.39, 0.29) is 0 Å². The summed E-state index contributed by atoms with van der Waals surface area (Å²) >= 11 is 0. The number of carbonyl (C=O) groups excluding carboxylic acids is 1. The molecule has 2 aromatic carbocycles. The average molecular weight is 406 g/mol. The summed E-state index contributed by atoms with van der Waals surface area (Å²) in [5, 5.41) is 44.3. The zero-order valence-electron chi connectivity index (χ0n) is 14.2. The third-order valence-corrected chi connectivity index (χ3v) is 3.74. The highest BCUT2D eigenvalue weighted by Gasteiger charge is 2.29. The van der Waals surface area contributed by atoms with Crippen LogP contribution in [-0.4, -0.2) is 25.7 Å². The Hall–Kier alpha value is -4.49. The van der Waals surface area contributed by atoms with Crippen LogP contribution in [0.4, 0.5) is 22.7 Å². The van der Waals surface area contributed by atoms with E-state index < -0.39 is 72.6 Å². The van der Waals surface area contributed by atoms with Crippen LogP contribution >= 0.6 is 0 Å². The molecule has 0 aromatic heterocycles. The Morgan fingerprint density at radius 1 is 0.690 bits per heavy atom. The van der Waals surface area contributed by atoms with E-state index in [9.17, 15) is 45.3 Å². The number of esters is 1. The smallest absolute Gasteiger partial charge is 0.311 e. The Morgan fingerprint density at radius 3 is 1.38 bits per heavy atom. The molecule has 2 aromatic rings. The lowest BCUT2D eigenvalue weighted by molar-refractivity contribution is -0.396. The Morgan fingerprint density at radius 2 is 1.03 bits per heavy atom. The average Bonchev–Trinajstić information content (AvgIpc) is 2.65. The number of ether oxygens (including phenoxy) is 1. The molecule has 0 heterocycles. The van der Waals surface area contributed by atoms with Gasteiger partial charge in [0, 0.05) is 24.3 Å². The van der Waals surface area contributed by atoms with Gasteiger partial charge in [-0.1, -0.05) is 0 Å². The molecule has 14 heteroatoms. The summed E-state index contributed by atoms with van der Waals surface area (Å²) in [4.78, 5) is 52.7. The van der Waals surface area contributed by atoms with Gasteiger partial charge in [-0.2, -0.15) is 0 Å². The molecule has 150 valence electrons. The zero-order chi connectivity index (χ0) is 21.7. The zero-order valence-corrected chi connectivity index (χ0v) is 14.2. The second-order valence-electron chi connectivity index (χ2n) is 5.42. The largest absolute Gasteiger partial charge is 0.460 e. The third kappa shape index (κ3) is 4.62. The molecule has 0 atom stereocenters. The standard InChI is InChI=1S/C15H10N4O10/c20-15(7-9-11(16(21)22)3-1-4-12(9)17(23)24)29-8-10-13(18(25)26)5-2-6-14(10)19(27)28/h1-6H,7-8H2. The summed E-state index contributed by atoms with van der Waals surface area (Å²) in [5.74, 6) is -1.20. The lowest BCUT2D eigenvalue weighted by Crippen LogP contribution is -2.12. The summed E-state index contributed by atoms with van der Waals surface area (Å²) in [7, 11) is 0. The molecular formula is C15H10N4O10. The number of nitro groups is 4. The van der Waals surface area contributed by atoms with Crippen molar-refractivity contribution < 1.29 is 29.2 Å². The number of hydrogen-bond acceptors (Lipinski definition) is 10. The molecule has 0 fully saturated rings. The van der Waals surface area contributed by atoms with Crippen LogP contribution in [-0.2, 0) is 22.6 Å². The first-order chi connectivity index (χ1) is 13.6. The summed E-state index contributed by atoms with van der Waals surface area (Å²) in [6.07, 6.45) is -0.887. The molecule has 0 spiro atoms. The van der Waals surface area contributed by atoms with E-state index >= 15 is 0 Å². The molecule has 0 amide bonds. The van der Waals surface area contributed by atoms with E-state index in [2.05, 4.69) is 0 Å². The molecule has 0 bridgehead atoms. The number of nitro benzene ring substituents is 4. The van der Waals surface area contributed by atoms with E-state index in [4.69, 9.17) is 4.74 Å². The van der Waals surface area contributed by atoms with Crippen LogP contribution in [0, 0.1) is 40.5 Å². The van der Waals surface area contributed by atoms with Crippen LogP contribution in [0.3, 0.4) is 0 Å². The van der Waals surface area contributed by atoms with Crippen LogP contribution in [0.15, 0.2) is 36.4 Å². The van der Waals surface area contributed by atoms with E-state index in [1.165, 1.54) is 0 Å². The van der Waals surface area contributed by atoms with Gasteiger partial charge < -0.3 is 4.74 Å². The maximum atomic E-state index is 12.1. The van der Waals surface area contributed by atoms with Gasteiger partial charge in [-0.15, -0.1) is 0 Å². The summed E-state index contributed by atoms with van der Waals surface area (Å²) < 4.78 is 4.79. The van der Waals surface area contributed by atoms with Crippen molar-refractivity contribution in [1.29, 1.82) is 0 Å². The molecule has 14 nitrogen and oxygen atoms in total. The van der Waals surface area contributed by atoms with Crippen molar-refractivity contribution in [2.45, 2.75) is 13.0 Å². The summed E-state index contributed by atoms with van der Waals surface area (Å²) in [6, 6.07) is 6.02. The fourth-order valence-corrected chi connectivity index (χ4v) is 2.49. The quantitative estimate of drug-likeness (QED) is 0.356. The van der Waals surface area contributed by atoms with E-state index in [1.54, 1.807) is 0 Å². The van der Waals surface area contributed by atoms with Gasteiger partial charge in [-0.3, -0.25) is 45.3 Å². The maximum Gasteiger partial charge on any atom is 0.311 e. The van der Waals surface area contributed by atoms with Crippen molar-refractivity contribution in [2.75, 3.05) is 0 Å². The van der Waals surface area contributed by atoms with Crippen LogP contribution in [0.5, 0.6) is 0 Å². The molecule has 0 aliphatic rings. The van der Waals surface area contributed by atoms with Gasteiger partial charge >= 0.3 is 5.97 Å². The molecule has 0 saturated heterocycles. The van der Waals surface area contributed by atoms with E-state index in [0.29, 0.717) is 0 Å². The fourth-order valence-electron chi connectivity index (χ4n) is 2.49. The maximum absolute atomic E-state index is 12.1. The number of nitrogens with zero attached hydrogens (tertiary/aromatic N) is 4. The minimum absolute atomic E-state index is 0.493. The number of benzene rings is 2. The molecule has 0 aliphatic carbocycles. The normalized spacial score (nSPS) is 10.2.